The van der Waals surface area contributed by atoms with Crippen LogP contribution >= 0.6 is 27.5 Å². The van der Waals surface area contributed by atoms with Gasteiger partial charge in [0.25, 0.3) is 0 Å². The van der Waals surface area contributed by atoms with E-state index in [1.165, 1.54) is 22.3 Å². The van der Waals surface area contributed by atoms with Gasteiger partial charge in [0.1, 0.15) is 23.0 Å². The van der Waals surface area contributed by atoms with Crippen LogP contribution in [-0.2, 0) is 5.41 Å². The molecule has 1 aliphatic carbocycles. The van der Waals surface area contributed by atoms with Gasteiger partial charge in [-0.05, 0) is 74.6 Å². The van der Waals surface area contributed by atoms with E-state index in [1.807, 2.05) is 36.4 Å². The summed E-state index contributed by atoms with van der Waals surface area (Å²) in [7, 11) is 0. The van der Waals surface area contributed by atoms with Crippen molar-refractivity contribution in [3.05, 3.63) is 141 Å². The molecule has 0 bridgehead atoms. The van der Waals surface area contributed by atoms with Crippen molar-refractivity contribution in [2.75, 3.05) is 0 Å². The van der Waals surface area contributed by atoms with Crippen LogP contribution in [0, 0.1) is 0 Å². The molecule has 0 unspecified atom stereocenters. The van der Waals surface area contributed by atoms with E-state index in [1.54, 1.807) is 0 Å². The predicted octanol–water partition coefficient (Wildman–Crippen LogP) is 9.36. The molecule has 0 saturated heterocycles. The Kier molecular flexibility index (Phi) is 4.60. The maximum absolute atomic E-state index is 6.40. The van der Waals surface area contributed by atoms with Crippen LogP contribution in [-0.4, -0.2) is 0 Å². The van der Waals surface area contributed by atoms with Gasteiger partial charge in [-0.1, -0.05) is 84.4 Å². The Labute approximate surface area is 216 Å². The van der Waals surface area contributed by atoms with E-state index in [0.29, 0.717) is 10.8 Å². The lowest BCUT2D eigenvalue weighted by atomic mass is 9.66. The molecular formula is C31H18BrClO2. The maximum atomic E-state index is 6.40. The molecule has 2 nitrogen and oxygen atoms in total. The van der Waals surface area contributed by atoms with Gasteiger partial charge in [0.2, 0.25) is 0 Å². The van der Waals surface area contributed by atoms with Crippen molar-refractivity contribution in [1.29, 1.82) is 0 Å². The Morgan fingerprint density at radius 2 is 1.26 bits per heavy atom. The van der Waals surface area contributed by atoms with Crippen LogP contribution in [0.15, 0.2) is 114 Å². The molecule has 5 aromatic rings. The Morgan fingerprint density at radius 1 is 0.629 bits per heavy atom. The highest BCUT2D eigenvalue weighted by Gasteiger charge is 2.51. The summed E-state index contributed by atoms with van der Waals surface area (Å²) in [6.45, 7) is 0. The largest absolute Gasteiger partial charge is 0.457 e. The normalized spacial score (nSPS) is 13.9. The van der Waals surface area contributed by atoms with Gasteiger partial charge in [-0.15, -0.1) is 0 Å². The van der Waals surface area contributed by atoms with Crippen LogP contribution in [0.2, 0.25) is 5.02 Å². The summed E-state index contributed by atoms with van der Waals surface area (Å²) in [4.78, 5) is 0. The summed E-state index contributed by atoms with van der Waals surface area (Å²) in [5, 5.41) is 0.611. The minimum Gasteiger partial charge on any atom is -0.457 e. The lowest BCUT2D eigenvalue weighted by Gasteiger charge is -2.39. The standard InChI is InChI=1S/C31H18BrClO2/c32-30-26(33)12-7-15-29(30)34-19-16-17-21-20-8-1-2-9-22(20)31(25(21)18-19)23-10-3-5-13-27(23)35-28-14-6-4-11-24(28)31/h1-18H. The van der Waals surface area contributed by atoms with Crippen molar-refractivity contribution in [1.82, 2.24) is 0 Å². The van der Waals surface area contributed by atoms with Gasteiger partial charge < -0.3 is 9.47 Å². The Hall–Kier alpha value is -3.53. The van der Waals surface area contributed by atoms with Gasteiger partial charge in [-0.25, -0.2) is 0 Å². The molecule has 4 heteroatoms. The first-order chi connectivity index (χ1) is 17.2. The first-order valence-corrected chi connectivity index (χ1v) is 12.6. The molecule has 2 aliphatic rings. The van der Waals surface area contributed by atoms with Crippen LogP contribution in [0.5, 0.6) is 23.0 Å². The second kappa shape index (κ2) is 7.74. The quantitative estimate of drug-likeness (QED) is 0.219. The fourth-order valence-electron chi connectivity index (χ4n) is 5.59. The molecule has 1 spiro atoms. The van der Waals surface area contributed by atoms with Gasteiger partial charge >= 0.3 is 0 Å². The number of hydrogen-bond acceptors (Lipinski definition) is 2. The zero-order valence-electron chi connectivity index (χ0n) is 18.5. The third-order valence-electron chi connectivity index (χ3n) is 6.96. The van der Waals surface area contributed by atoms with Gasteiger partial charge in [-0.3, -0.25) is 0 Å². The lowest BCUT2D eigenvalue weighted by Crippen LogP contribution is -2.32. The summed E-state index contributed by atoms with van der Waals surface area (Å²) in [6.07, 6.45) is 0. The SMILES string of the molecule is Clc1cccc(Oc2ccc3c(c2)C2(c4ccccc4Oc4ccccc42)c2ccccc2-3)c1Br. The van der Waals surface area contributed by atoms with Crippen molar-refractivity contribution >= 4 is 27.5 Å². The zero-order chi connectivity index (χ0) is 23.6. The first-order valence-electron chi connectivity index (χ1n) is 11.4. The van der Waals surface area contributed by atoms with Crippen LogP contribution in [0.4, 0.5) is 0 Å². The number of hydrogen-bond donors (Lipinski definition) is 0. The van der Waals surface area contributed by atoms with E-state index in [-0.39, 0.29) is 0 Å². The summed E-state index contributed by atoms with van der Waals surface area (Å²) in [5.74, 6) is 3.17. The third kappa shape index (κ3) is 2.89. The fourth-order valence-corrected chi connectivity index (χ4v) is 6.10. The van der Waals surface area contributed by atoms with Crippen LogP contribution < -0.4 is 9.47 Å². The Morgan fingerprint density at radius 3 is 2.00 bits per heavy atom. The molecule has 0 aromatic heterocycles. The monoisotopic (exact) mass is 536 g/mol. The van der Waals surface area contributed by atoms with E-state index in [4.69, 9.17) is 21.1 Å². The van der Waals surface area contributed by atoms with E-state index < -0.39 is 5.41 Å². The number of ether oxygens (including phenoxy) is 2. The number of benzene rings is 5. The van der Waals surface area contributed by atoms with Crippen molar-refractivity contribution < 1.29 is 9.47 Å². The van der Waals surface area contributed by atoms with Gasteiger partial charge in [0.05, 0.1) is 14.9 Å². The molecule has 0 fully saturated rings. The maximum Gasteiger partial charge on any atom is 0.143 e. The average Bonchev–Trinajstić information content (AvgIpc) is 3.18. The number of para-hydroxylation sites is 2. The van der Waals surface area contributed by atoms with Gasteiger partial charge in [0, 0.05) is 11.1 Å². The molecule has 168 valence electrons. The zero-order valence-corrected chi connectivity index (χ0v) is 20.8. The predicted molar refractivity (Wildman–Crippen MR) is 143 cm³/mol. The van der Waals surface area contributed by atoms with Gasteiger partial charge in [0.15, 0.2) is 0 Å². The Balaban J connectivity index is 1.53. The summed E-state index contributed by atoms with van der Waals surface area (Å²) in [6, 6.07) is 37.3. The second-order valence-corrected chi connectivity index (χ2v) is 9.95. The highest BCUT2D eigenvalue weighted by Crippen LogP contribution is 2.62. The highest BCUT2D eigenvalue weighted by atomic mass is 79.9. The van der Waals surface area contributed by atoms with Crippen molar-refractivity contribution in [2.45, 2.75) is 5.41 Å². The fraction of sp³-hybridized carbons (Fsp3) is 0.0323. The van der Waals surface area contributed by atoms with Crippen LogP contribution in [0.3, 0.4) is 0 Å². The molecule has 0 radical (unpaired) electrons. The molecule has 7 rings (SSSR count). The number of rotatable bonds is 2. The number of halogens is 2. The second-order valence-electron chi connectivity index (χ2n) is 8.75. The Bertz CT molecular complexity index is 1600. The first kappa shape index (κ1) is 20.8. The molecule has 5 aromatic carbocycles. The van der Waals surface area contributed by atoms with Gasteiger partial charge in [-0.2, -0.15) is 0 Å². The molecule has 0 N–H and O–H groups in total. The third-order valence-corrected chi connectivity index (χ3v) is 8.32. The topological polar surface area (TPSA) is 18.5 Å². The molecule has 1 aliphatic heterocycles. The number of fused-ring (bicyclic) bond motifs is 9. The molecule has 0 amide bonds. The van der Waals surface area contributed by atoms with Crippen LogP contribution in [0.25, 0.3) is 11.1 Å². The summed E-state index contributed by atoms with van der Waals surface area (Å²) in [5.41, 5.74) is 6.60. The van der Waals surface area contributed by atoms with E-state index >= 15 is 0 Å². The molecule has 0 saturated carbocycles. The minimum absolute atomic E-state index is 0.512. The molecule has 1 heterocycles. The molecular weight excluding hydrogens is 520 g/mol. The molecule has 0 atom stereocenters. The minimum atomic E-state index is -0.512. The van der Waals surface area contributed by atoms with Crippen molar-refractivity contribution in [3.63, 3.8) is 0 Å². The summed E-state index contributed by atoms with van der Waals surface area (Å²) < 4.78 is 13.5. The highest BCUT2D eigenvalue weighted by molar-refractivity contribution is 9.10. The van der Waals surface area contributed by atoms with E-state index in [9.17, 15) is 0 Å². The van der Waals surface area contributed by atoms with Crippen molar-refractivity contribution in [3.8, 4) is 34.1 Å². The molecule has 35 heavy (non-hydrogen) atoms. The lowest BCUT2D eigenvalue weighted by molar-refractivity contribution is 0.435. The van der Waals surface area contributed by atoms with Crippen LogP contribution in [0.1, 0.15) is 22.3 Å². The average molecular weight is 538 g/mol. The van der Waals surface area contributed by atoms with E-state index in [0.717, 1.165) is 32.8 Å². The smallest absolute Gasteiger partial charge is 0.143 e. The van der Waals surface area contributed by atoms with E-state index in [2.05, 4.69) is 88.7 Å². The summed E-state index contributed by atoms with van der Waals surface area (Å²) >= 11 is 9.89. The van der Waals surface area contributed by atoms with Crippen molar-refractivity contribution in [2.24, 2.45) is 0 Å².